The van der Waals surface area contributed by atoms with Crippen LogP contribution in [0.2, 0.25) is 0 Å². The fraction of sp³-hybridized carbons (Fsp3) is 0.364. The maximum absolute atomic E-state index is 11.3. The van der Waals surface area contributed by atoms with Crippen LogP contribution in [0, 0.1) is 10.1 Å². The number of halogens is 1. The Morgan fingerprint density at radius 1 is 1.32 bits per heavy atom. The summed E-state index contributed by atoms with van der Waals surface area (Å²) in [5.74, 6) is -0.133. The highest BCUT2D eigenvalue weighted by atomic mass is 35.5. The zero-order chi connectivity index (χ0) is 13.4. The molecule has 0 unspecified atom stereocenters. The van der Waals surface area contributed by atoms with E-state index in [1.807, 2.05) is 0 Å². The zero-order valence-corrected chi connectivity index (χ0v) is 11.1. The summed E-state index contributed by atoms with van der Waals surface area (Å²) in [6, 6.07) is 6.31. The van der Waals surface area contributed by atoms with Crippen LogP contribution in [0.4, 0.5) is 11.4 Å². The van der Waals surface area contributed by atoms with Gasteiger partial charge in [0.25, 0.3) is 5.69 Å². The molecule has 1 amide bonds. The number of amides is 1. The Hall–Kier alpha value is -1.86. The lowest BCUT2D eigenvalue weighted by Crippen LogP contribution is -2.30. The highest BCUT2D eigenvalue weighted by Gasteiger charge is 2.11. The number of carbonyl (C=O) groups excluding carboxylic acids is 1. The van der Waals surface area contributed by atoms with E-state index in [-0.39, 0.29) is 30.4 Å². The van der Waals surface area contributed by atoms with Gasteiger partial charge in [-0.15, -0.1) is 12.4 Å². The van der Waals surface area contributed by atoms with E-state index in [2.05, 4.69) is 10.6 Å². The van der Waals surface area contributed by atoms with Crippen LogP contribution in [0.25, 0.3) is 0 Å². The molecule has 106 valence electrons. The summed E-state index contributed by atoms with van der Waals surface area (Å²) in [5, 5.41) is 16.2. The molecule has 8 heteroatoms. The van der Waals surface area contributed by atoms with Crippen LogP contribution in [-0.2, 0) is 4.79 Å². The number of hydrogen-bond acceptors (Lipinski definition) is 5. The molecule has 0 aromatic heterocycles. The number of rotatable bonds is 7. The van der Waals surface area contributed by atoms with Crippen LogP contribution in [0.5, 0.6) is 0 Å². The standard InChI is InChI=1S/C11H16N4O3.ClH/c12-6-8-14-11(16)5-7-13-9-3-1-2-4-10(9)15(17)18;/h1-4,13H,5-8,12H2,(H,14,16);1H. The van der Waals surface area contributed by atoms with Gasteiger partial charge >= 0.3 is 0 Å². The second-order valence-corrected chi connectivity index (χ2v) is 3.59. The second kappa shape index (κ2) is 9.12. The Bertz CT molecular complexity index is 428. The molecular formula is C11H17ClN4O3. The molecular weight excluding hydrogens is 272 g/mol. The Balaban J connectivity index is 0.00000324. The number of hydrogen-bond donors (Lipinski definition) is 3. The number of benzene rings is 1. The van der Waals surface area contributed by atoms with Crippen LogP contribution in [-0.4, -0.2) is 30.5 Å². The summed E-state index contributed by atoms with van der Waals surface area (Å²) >= 11 is 0. The minimum atomic E-state index is -0.461. The normalized spacial score (nSPS) is 9.32. The van der Waals surface area contributed by atoms with Crippen molar-refractivity contribution < 1.29 is 9.72 Å². The molecule has 7 nitrogen and oxygen atoms in total. The number of para-hydroxylation sites is 2. The van der Waals surface area contributed by atoms with Crippen LogP contribution >= 0.6 is 12.4 Å². The minimum absolute atomic E-state index is 0. The van der Waals surface area contributed by atoms with Gasteiger partial charge in [-0.2, -0.15) is 0 Å². The lowest BCUT2D eigenvalue weighted by atomic mass is 10.2. The number of nitro benzene ring substituents is 1. The van der Waals surface area contributed by atoms with Gasteiger partial charge in [-0.05, 0) is 6.07 Å². The molecule has 0 spiro atoms. The Morgan fingerprint density at radius 2 is 2.00 bits per heavy atom. The van der Waals surface area contributed by atoms with Gasteiger partial charge in [-0.1, -0.05) is 12.1 Å². The first-order valence-corrected chi connectivity index (χ1v) is 5.59. The van der Waals surface area contributed by atoms with E-state index in [1.54, 1.807) is 18.2 Å². The molecule has 19 heavy (non-hydrogen) atoms. The summed E-state index contributed by atoms with van der Waals surface area (Å²) in [4.78, 5) is 21.5. The first-order valence-electron chi connectivity index (χ1n) is 5.59. The molecule has 0 fully saturated rings. The number of anilines is 1. The Kier molecular flexibility index (Phi) is 8.23. The van der Waals surface area contributed by atoms with Crippen molar-refractivity contribution in [2.24, 2.45) is 5.73 Å². The van der Waals surface area contributed by atoms with Crippen LogP contribution < -0.4 is 16.4 Å². The third kappa shape index (κ3) is 6.03. The van der Waals surface area contributed by atoms with Crippen LogP contribution in [0.1, 0.15) is 6.42 Å². The van der Waals surface area contributed by atoms with Gasteiger partial charge in [-0.3, -0.25) is 14.9 Å². The summed E-state index contributed by atoms with van der Waals surface area (Å²) in [5.41, 5.74) is 5.66. The van der Waals surface area contributed by atoms with E-state index in [1.165, 1.54) is 6.07 Å². The van der Waals surface area contributed by atoms with Gasteiger partial charge < -0.3 is 16.4 Å². The van der Waals surface area contributed by atoms with E-state index < -0.39 is 4.92 Å². The van der Waals surface area contributed by atoms with Gasteiger partial charge in [0.1, 0.15) is 5.69 Å². The van der Waals surface area contributed by atoms with E-state index in [9.17, 15) is 14.9 Å². The number of nitrogens with one attached hydrogen (secondary N) is 2. The molecule has 1 rings (SSSR count). The topological polar surface area (TPSA) is 110 Å². The predicted octanol–water partition coefficient (Wildman–Crippen LogP) is 0.893. The van der Waals surface area contributed by atoms with Gasteiger partial charge in [0, 0.05) is 32.1 Å². The molecule has 0 heterocycles. The fourth-order valence-corrected chi connectivity index (χ4v) is 1.39. The third-order valence-electron chi connectivity index (χ3n) is 2.23. The number of nitro groups is 1. The van der Waals surface area contributed by atoms with E-state index in [4.69, 9.17) is 5.73 Å². The Labute approximate surface area is 117 Å². The average molecular weight is 289 g/mol. The predicted molar refractivity (Wildman–Crippen MR) is 75.5 cm³/mol. The molecule has 1 aromatic rings. The van der Waals surface area contributed by atoms with Crippen molar-refractivity contribution in [3.05, 3.63) is 34.4 Å². The quantitative estimate of drug-likeness (QED) is 0.510. The maximum atomic E-state index is 11.3. The zero-order valence-electron chi connectivity index (χ0n) is 10.3. The van der Waals surface area contributed by atoms with Crippen molar-refractivity contribution in [1.29, 1.82) is 0 Å². The number of carbonyl (C=O) groups is 1. The first-order chi connectivity index (χ1) is 8.65. The van der Waals surface area contributed by atoms with Gasteiger partial charge in [-0.25, -0.2) is 0 Å². The van der Waals surface area contributed by atoms with E-state index in [0.717, 1.165) is 0 Å². The molecule has 0 atom stereocenters. The van der Waals surface area contributed by atoms with E-state index >= 15 is 0 Å². The molecule has 0 aliphatic heterocycles. The molecule has 1 aromatic carbocycles. The van der Waals surface area contributed by atoms with Crippen molar-refractivity contribution in [2.45, 2.75) is 6.42 Å². The Morgan fingerprint density at radius 3 is 2.63 bits per heavy atom. The summed E-state index contributed by atoms with van der Waals surface area (Å²) in [6.07, 6.45) is 0.242. The average Bonchev–Trinajstić information content (AvgIpc) is 2.36. The van der Waals surface area contributed by atoms with E-state index in [0.29, 0.717) is 25.3 Å². The molecule has 0 aliphatic carbocycles. The SMILES string of the molecule is Cl.NCCNC(=O)CCNc1ccccc1[N+](=O)[O-]. The van der Waals surface area contributed by atoms with Crippen LogP contribution in [0.3, 0.4) is 0 Å². The monoisotopic (exact) mass is 288 g/mol. The smallest absolute Gasteiger partial charge is 0.292 e. The molecule has 4 N–H and O–H groups in total. The van der Waals surface area contributed by atoms with Gasteiger partial charge in [0.05, 0.1) is 4.92 Å². The molecule has 0 radical (unpaired) electrons. The number of nitrogens with zero attached hydrogens (tertiary/aromatic N) is 1. The first kappa shape index (κ1) is 17.1. The lowest BCUT2D eigenvalue weighted by molar-refractivity contribution is -0.384. The largest absolute Gasteiger partial charge is 0.379 e. The van der Waals surface area contributed by atoms with Crippen LogP contribution in [0.15, 0.2) is 24.3 Å². The fourth-order valence-electron chi connectivity index (χ4n) is 1.39. The van der Waals surface area contributed by atoms with Crippen molar-refractivity contribution >= 4 is 29.7 Å². The summed E-state index contributed by atoms with van der Waals surface area (Å²) in [6.45, 7) is 1.16. The summed E-state index contributed by atoms with van der Waals surface area (Å²) < 4.78 is 0. The van der Waals surface area contributed by atoms with Crippen molar-refractivity contribution in [3.63, 3.8) is 0 Å². The molecule has 0 saturated carbocycles. The third-order valence-corrected chi connectivity index (χ3v) is 2.23. The van der Waals surface area contributed by atoms with Crippen molar-refractivity contribution in [2.75, 3.05) is 25.0 Å². The van der Waals surface area contributed by atoms with Gasteiger partial charge in [0.15, 0.2) is 0 Å². The second-order valence-electron chi connectivity index (χ2n) is 3.59. The number of nitrogens with two attached hydrogens (primary N) is 1. The van der Waals surface area contributed by atoms with Crippen molar-refractivity contribution in [1.82, 2.24) is 5.32 Å². The summed E-state index contributed by atoms with van der Waals surface area (Å²) in [7, 11) is 0. The van der Waals surface area contributed by atoms with Crippen molar-refractivity contribution in [3.8, 4) is 0 Å². The highest BCUT2D eigenvalue weighted by molar-refractivity contribution is 5.85. The molecule has 0 saturated heterocycles. The molecule has 0 aliphatic rings. The highest BCUT2D eigenvalue weighted by Crippen LogP contribution is 2.22. The van der Waals surface area contributed by atoms with Gasteiger partial charge in [0.2, 0.25) is 5.91 Å². The maximum Gasteiger partial charge on any atom is 0.292 e. The lowest BCUT2D eigenvalue weighted by Gasteiger charge is -2.07. The minimum Gasteiger partial charge on any atom is -0.379 e. The molecule has 0 bridgehead atoms.